The van der Waals surface area contributed by atoms with E-state index in [0.717, 1.165) is 25.9 Å². The third-order valence-electron chi connectivity index (χ3n) is 4.43. The highest BCUT2D eigenvalue weighted by Crippen LogP contribution is 2.48. The van der Waals surface area contributed by atoms with Gasteiger partial charge in [0.05, 0.1) is 6.54 Å². The highest BCUT2D eigenvalue weighted by atomic mass is 16.5. The number of carboxylic acid groups (broad SMARTS) is 1. The third-order valence-corrected chi connectivity index (χ3v) is 4.43. The van der Waals surface area contributed by atoms with Crippen LogP contribution in [0.3, 0.4) is 0 Å². The number of carboxylic acids is 1. The van der Waals surface area contributed by atoms with Crippen molar-refractivity contribution in [2.24, 2.45) is 5.41 Å². The molecule has 0 aromatic rings. The Labute approximate surface area is 125 Å². The number of aliphatic carboxylic acids is 1. The number of rotatable bonds is 7. The van der Waals surface area contributed by atoms with Crippen molar-refractivity contribution in [1.29, 1.82) is 0 Å². The van der Waals surface area contributed by atoms with Gasteiger partial charge in [-0.2, -0.15) is 0 Å². The van der Waals surface area contributed by atoms with E-state index in [0.29, 0.717) is 32.7 Å². The van der Waals surface area contributed by atoms with Crippen LogP contribution in [0.15, 0.2) is 0 Å². The van der Waals surface area contributed by atoms with Gasteiger partial charge in [0.15, 0.2) is 0 Å². The monoisotopic (exact) mass is 299 g/mol. The normalized spacial score (nSPS) is 21.1. The van der Waals surface area contributed by atoms with E-state index in [2.05, 4.69) is 5.32 Å². The van der Waals surface area contributed by atoms with Crippen LogP contribution in [0.4, 0.5) is 4.79 Å². The minimum atomic E-state index is -0.818. The van der Waals surface area contributed by atoms with E-state index >= 15 is 0 Å². The Morgan fingerprint density at radius 1 is 1.24 bits per heavy atom. The van der Waals surface area contributed by atoms with E-state index in [4.69, 9.17) is 9.84 Å². The number of nitrogens with one attached hydrogen (secondary N) is 1. The van der Waals surface area contributed by atoms with Crippen molar-refractivity contribution in [3.8, 4) is 0 Å². The minimum Gasteiger partial charge on any atom is -0.480 e. The Balaban J connectivity index is 1.67. The number of nitrogens with zero attached hydrogens (tertiary/aromatic N) is 2. The van der Waals surface area contributed by atoms with Gasteiger partial charge in [0.2, 0.25) is 0 Å². The molecule has 0 atom stereocenters. The topological polar surface area (TPSA) is 82.1 Å². The molecule has 120 valence electrons. The zero-order valence-corrected chi connectivity index (χ0v) is 12.6. The van der Waals surface area contributed by atoms with Gasteiger partial charge < -0.3 is 20.1 Å². The molecule has 7 nitrogen and oxygen atoms in total. The largest absolute Gasteiger partial charge is 0.480 e. The fraction of sp³-hybridized carbons (Fsp3) is 0.857. The van der Waals surface area contributed by atoms with Crippen LogP contribution in [0.25, 0.3) is 0 Å². The fourth-order valence-corrected chi connectivity index (χ4v) is 2.69. The van der Waals surface area contributed by atoms with Crippen molar-refractivity contribution in [1.82, 2.24) is 15.1 Å². The molecule has 0 radical (unpaired) electrons. The lowest BCUT2D eigenvalue weighted by atomic mass is 10.0. The van der Waals surface area contributed by atoms with Gasteiger partial charge in [-0.25, -0.2) is 4.79 Å². The number of urea groups is 1. The molecule has 1 aliphatic heterocycles. The molecule has 1 aliphatic carbocycles. The number of ether oxygens (including phenoxy) is 1. The number of methoxy groups -OCH3 is 1. The first-order valence-electron chi connectivity index (χ1n) is 7.50. The van der Waals surface area contributed by atoms with Crippen molar-refractivity contribution in [2.75, 3.05) is 53.0 Å². The number of amides is 2. The highest BCUT2D eigenvalue weighted by Gasteiger charge is 2.42. The smallest absolute Gasteiger partial charge is 0.317 e. The van der Waals surface area contributed by atoms with Crippen molar-refractivity contribution >= 4 is 12.0 Å². The Bertz CT molecular complexity index is 376. The van der Waals surface area contributed by atoms with Gasteiger partial charge >= 0.3 is 12.0 Å². The van der Waals surface area contributed by atoms with Crippen LogP contribution in [0, 0.1) is 5.41 Å². The Hall–Kier alpha value is -1.34. The summed E-state index contributed by atoms with van der Waals surface area (Å²) >= 11 is 0. The molecule has 2 N–H and O–H groups in total. The van der Waals surface area contributed by atoms with Crippen molar-refractivity contribution in [3.63, 3.8) is 0 Å². The van der Waals surface area contributed by atoms with Crippen molar-refractivity contribution < 1.29 is 19.4 Å². The lowest BCUT2D eigenvalue weighted by Crippen LogP contribution is -2.53. The van der Waals surface area contributed by atoms with E-state index in [1.165, 1.54) is 0 Å². The standard InChI is InChI=1S/C14H25N3O4/c1-21-9-4-14(2-3-14)11-15-13(20)17-7-5-16(6-8-17)10-12(18)19/h2-11H2,1H3,(H,15,20)(H,18,19). The van der Waals surface area contributed by atoms with E-state index in [9.17, 15) is 9.59 Å². The Morgan fingerprint density at radius 2 is 1.90 bits per heavy atom. The predicted octanol–water partition coefficient (Wildman–Crippen LogP) is 0.215. The molecule has 0 aromatic heterocycles. The zero-order valence-electron chi connectivity index (χ0n) is 12.6. The number of carbonyl (C=O) groups is 2. The van der Waals surface area contributed by atoms with E-state index in [1.807, 2.05) is 4.90 Å². The van der Waals surface area contributed by atoms with Crippen LogP contribution in [0.5, 0.6) is 0 Å². The molecule has 1 saturated carbocycles. The number of hydrogen-bond donors (Lipinski definition) is 2. The van der Waals surface area contributed by atoms with Crippen LogP contribution in [-0.4, -0.2) is 79.9 Å². The summed E-state index contributed by atoms with van der Waals surface area (Å²) in [4.78, 5) is 26.4. The fourth-order valence-electron chi connectivity index (χ4n) is 2.69. The summed E-state index contributed by atoms with van der Waals surface area (Å²) in [6, 6.07) is -0.0336. The van der Waals surface area contributed by atoms with E-state index < -0.39 is 5.97 Å². The Kier molecular flexibility index (Phi) is 5.41. The first-order chi connectivity index (χ1) is 10.0. The average molecular weight is 299 g/mol. The quantitative estimate of drug-likeness (QED) is 0.702. The molecular formula is C14H25N3O4. The molecule has 0 bridgehead atoms. The molecule has 21 heavy (non-hydrogen) atoms. The molecule has 2 amide bonds. The van der Waals surface area contributed by atoms with Crippen LogP contribution >= 0.6 is 0 Å². The summed E-state index contributed by atoms with van der Waals surface area (Å²) in [5.74, 6) is -0.818. The first-order valence-corrected chi connectivity index (χ1v) is 7.50. The average Bonchev–Trinajstić information content (AvgIpc) is 3.23. The number of hydrogen-bond acceptors (Lipinski definition) is 4. The van der Waals surface area contributed by atoms with Gasteiger partial charge in [-0.05, 0) is 24.7 Å². The number of piperazine rings is 1. The second-order valence-electron chi connectivity index (χ2n) is 6.06. The van der Waals surface area contributed by atoms with E-state index in [-0.39, 0.29) is 18.0 Å². The molecule has 2 rings (SSSR count). The molecule has 1 saturated heterocycles. The molecule has 2 fully saturated rings. The molecule has 2 aliphatic rings. The zero-order chi connectivity index (χ0) is 15.3. The third kappa shape index (κ3) is 4.86. The summed E-state index contributed by atoms with van der Waals surface area (Å²) in [5, 5.41) is 11.8. The first kappa shape index (κ1) is 16.0. The van der Waals surface area contributed by atoms with Crippen LogP contribution in [0.2, 0.25) is 0 Å². The lowest BCUT2D eigenvalue weighted by Gasteiger charge is -2.34. The van der Waals surface area contributed by atoms with E-state index in [1.54, 1.807) is 12.0 Å². The highest BCUT2D eigenvalue weighted by molar-refractivity contribution is 5.74. The Morgan fingerprint density at radius 3 is 2.43 bits per heavy atom. The van der Waals surface area contributed by atoms with Crippen molar-refractivity contribution in [2.45, 2.75) is 19.3 Å². The SMILES string of the molecule is COCCC1(CNC(=O)N2CCN(CC(=O)O)CC2)CC1. The lowest BCUT2D eigenvalue weighted by molar-refractivity contribution is -0.138. The summed E-state index contributed by atoms with van der Waals surface area (Å²) in [7, 11) is 1.70. The molecule has 1 heterocycles. The maximum Gasteiger partial charge on any atom is 0.317 e. The molecule has 0 unspecified atom stereocenters. The molecular weight excluding hydrogens is 274 g/mol. The van der Waals surface area contributed by atoms with Gasteiger partial charge in [-0.15, -0.1) is 0 Å². The minimum absolute atomic E-state index is 0.0336. The van der Waals surface area contributed by atoms with Gasteiger partial charge in [0.25, 0.3) is 0 Å². The predicted molar refractivity (Wildman–Crippen MR) is 77.2 cm³/mol. The second-order valence-corrected chi connectivity index (χ2v) is 6.06. The summed E-state index contributed by atoms with van der Waals surface area (Å²) < 4.78 is 5.11. The maximum absolute atomic E-state index is 12.1. The van der Waals surface area contributed by atoms with Crippen LogP contribution < -0.4 is 5.32 Å². The second kappa shape index (κ2) is 7.09. The summed E-state index contributed by atoms with van der Waals surface area (Å²) in [6.45, 7) is 3.92. The summed E-state index contributed by atoms with van der Waals surface area (Å²) in [5.41, 5.74) is 0.247. The van der Waals surface area contributed by atoms with Crippen LogP contribution in [-0.2, 0) is 9.53 Å². The summed E-state index contributed by atoms with van der Waals surface area (Å²) in [6.07, 6.45) is 3.31. The van der Waals surface area contributed by atoms with Gasteiger partial charge in [-0.3, -0.25) is 9.69 Å². The van der Waals surface area contributed by atoms with Gasteiger partial charge in [-0.1, -0.05) is 0 Å². The number of carbonyl (C=O) groups excluding carboxylic acids is 1. The van der Waals surface area contributed by atoms with Gasteiger partial charge in [0, 0.05) is 46.4 Å². The van der Waals surface area contributed by atoms with Gasteiger partial charge in [0.1, 0.15) is 0 Å². The van der Waals surface area contributed by atoms with Crippen LogP contribution in [0.1, 0.15) is 19.3 Å². The van der Waals surface area contributed by atoms with Crippen molar-refractivity contribution in [3.05, 3.63) is 0 Å². The maximum atomic E-state index is 12.1. The molecule has 0 spiro atoms. The molecule has 0 aromatic carbocycles. The molecule has 7 heteroatoms.